The van der Waals surface area contributed by atoms with Crippen LogP contribution in [0.4, 0.5) is 11.5 Å². The lowest BCUT2D eigenvalue weighted by molar-refractivity contribution is 0.0664. The van der Waals surface area contributed by atoms with E-state index >= 15 is 0 Å². The fraction of sp³-hybridized carbons (Fsp3) is 0. The number of thiazole rings is 1. The highest BCUT2D eigenvalue weighted by Crippen LogP contribution is 2.25. The van der Waals surface area contributed by atoms with Crippen molar-refractivity contribution in [2.75, 3.05) is 10.6 Å². The van der Waals surface area contributed by atoms with Gasteiger partial charge in [-0.15, -0.1) is 11.3 Å². The Labute approximate surface area is 160 Å². The summed E-state index contributed by atoms with van der Waals surface area (Å²) in [6.07, 6.45) is 0. The van der Waals surface area contributed by atoms with E-state index in [9.17, 15) is 14.4 Å². The number of benzene rings is 1. The molecule has 0 aliphatic carbocycles. The first-order valence-corrected chi connectivity index (χ1v) is 8.78. The number of hydrogen-bond donors (Lipinski definition) is 4. The number of carbonyl (C=O) groups is 3. The Morgan fingerprint density at radius 2 is 1.96 bits per heavy atom. The van der Waals surface area contributed by atoms with Crippen LogP contribution in [-0.2, 0) is 0 Å². The van der Waals surface area contributed by atoms with Crippen LogP contribution >= 0.6 is 11.3 Å². The second-order valence-electron chi connectivity index (χ2n) is 5.56. The molecule has 0 aliphatic heterocycles. The van der Waals surface area contributed by atoms with E-state index in [1.165, 1.54) is 29.0 Å². The molecular formula is C17H11N5O5S. The zero-order valence-corrected chi connectivity index (χ0v) is 14.7. The van der Waals surface area contributed by atoms with Crippen molar-refractivity contribution in [3.63, 3.8) is 0 Å². The molecule has 0 saturated carbocycles. The standard InChI is InChI=1S/C17H11N5O5S/c23-15(20-14-13-10(21-22-14)5-12(27-13)17(25)26)8-3-1-2-4-9(8)19-16(24)11-6-28-7-18-11/h1-7H,(H,19,24)(H,25,26)(H2,20,21,22,23). The lowest BCUT2D eigenvalue weighted by Crippen LogP contribution is -2.18. The van der Waals surface area contributed by atoms with Gasteiger partial charge in [0.05, 0.1) is 16.8 Å². The van der Waals surface area contributed by atoms with Crippen LogP contribution in [0.2, 0.25) is 0 Å². The summed E-state index contributed by atoms with van der Waals surface area (Å²) in [7, 11) is 0. The van der Waals surface area contributed by atoms with Crippen LogP contribution < -0.4 is 10.6 Å². The number of nitrogens with one attached hydrogen (secondary N) is 3. The minimum atomic E-state index is -1.24. The summed E-state index contributed by atoms with van der Waals surface area (Å²) in [5.41, 5.74) is 2.69. The number of nitrogens with zero attached hydrogens (tertiary/aromatic N) is 2. The summed E-state index contributed by atoms with van der Waals surface area (Å²) in [6, 6.07) is 7.69. The molecule has 0 spiro atoms. The highest BCUT2D eigenvalue weighted by atomic mass is 32.1. The van der Waals surface area contributed by atoms with Crippen LogP contribution in [0.1, 0.15) is 31.4 Å². The molecule has 10 nitrogen and oxygen atoms in total. The zero-order valence-electron chi connectivity index (χ0n) is 13.9. The van der Waals surface area contributed by atoms with Crippen molar-refractivity contribution in [2.45, 2.75) is 0 Å². The molecule has 0 fully saturated rings. The van der Waals surface area contributed by atoms with Crippen molar-refractivity contribution < 1.29 is 23.9 Å². The number of carboxylic acid groups (broad SMARTS) is 1. The van der Waals surface area contributed by atoms with E-state index in [0.717, 1.165) is 0 Å². The average molecular weight is 397 g/mol. The Kier molecular flexibility index (Phi) is 4.33. The number of anilines is 2. The number of furan rings is 1. The van der Waals surface area contributed by atoms with Crippen LogP contribution in [0.25, 0.3) is 11.1 Å². The fourth-order valence-corrected chi connectivity index (χ4v) is 3.02. The topological polar surface area (TPSA) is 150 Å². The summed E-state index contributed by atoms with van der Waals surface area (Å²) in [4.78, 5) is 39.9. The summed E-state index contributed by atoms with van der Waals surface area (Å²) in [5.74, 6) is -2.49. The van der Waals surface area contributed by atoms with Gasteiger partial charge in [0.15, 0.2) is 11.4 Å². The number of hydrogen-bond acceptors (Lipinski definition) is 7. The third-order valence-electron chi connectivity index (χ3n) is 3.76. The quantitative estimate of drug-likeness (QED) is 0.404. The molecule has 11 heteroatoms. The predicted molar refractivity (Wildman–Crippen MR) is 99.8 cm³/mol. The molecule has 0 atom stereocenters. The third-order valence-corrected chi connectivity index (χ3v) is 4.35. The van der Waals surface area contributed by atoms with E-state index in [2.05, 4.69) is 25.8 Å². The van der Waals surface area contributed by atoms with Crippen molar-refractivity contribution in [2.24, 2.45) is 0 Å². The van der Waals surface area contributed by atoms with Gasteiger partial charge in [-0.05, 0) is 12.1 Å². The fourth-order valence-electron chi connectivity index (χ4n) is 2.48. The van der Waals surface area contributed by atoms with Crippen LogP contribution in [0.3, 0.4) is 0 Å². The van der Waals surface area contributed by atoms with Crippen molar-refractivity contribution in [3.05, 3.63) is 58.2 Å². The smallest absolute Gasteiger partial charge is 0.371 e. The molecule has 3 heterocycles. The van der Waals surface area contributed by atoms with Gasteiger partial charge >= 0.3 is 5.97 Å². The molecule has 0 radical (unpaired) electrons. The molecule has 28 heavy (non-hydrogen) atoms. The first-order valence-electron chi connectivity index (χ1n) is 7.84. The van der Waals surface area contributed by atoms with Crippen molar-refractivity contribution >= 4 is 51.7 Å². The van der Waals surface area contributed by atoms with Gasteiger partial charge in [0, 0.05) is 11.4 Å². The summed E-state index contributed by atoms with van der Waals surface area (Å²) < 4.78 is 5.20. The Bertz CT molecular complexity index is 1190. The third kappa shape index (κ3) is 3.21. The molecule has 0 bridgehead atoms. The molecule has 3 aromatic heterocycles. The second-order valence-corrected chi connectivity index (χ2v) is 6.28. The van der Waals surface area contributed by atoms with Gasteiger partial charge in [0.1, 0.15) is 11.2 Å². The molecule has 0 unspecified atom stereocenters. The molecule has 0 aliphatic rings. The maximum Gasteiger partial charge on any atom is 0.371 e. The average Bonchev–Trinajstić information content (AvgIpc) is 3.40. The van der Waals surface area contributed by atoms with E-state index in [0.29, 0.717) is 5.52 Å². The summed E-state index contributed by atoms with van der Waals surface area (Å²) >= 11 is 1.28. The highest BCUT2D eigenvalue weighted by Gasteiger charge is 2.20. The Morgan fingerprint density at radius 3 is 2.71 bits per heavy atom. The van der Waals surface area contributed by atoms with Crippen molar-refractivity contribution in [1.82, 2.24) is 15.2 Å². The number of H-pyrrole nitrogens is 1. The number of amides is 2. The normalized spacial score (nSPS) is 10.7. The Morgan fingerprint density at radius 1 is 1.14 bits per heavy atom. The maximum atomic E-state index is 12.7. The van der Waals surface area contributed by atoms with Crippen LogP contribution in [0.15, 0.2) is 45.6 Å². The molecule has 4 rings (SSSR count). The van der Waals surface area contributed by atoms with Gasteiger partial charge in [-0.25, -0.2) is 9.78 Å². The Hall–Kier alpha value is -3.99. The number of fused-ring (bicyclic) bond motifs is 1. The number of carbonyl (C=O) groups excluding carboxylic acids is 2. The number of para-hydroxylation sites is 1. The largest absolute Gasteiger partial charge is 0.475 e. The van der Waals surface area contributed by atoms with E-state index in [1.807, 2.05) is 0 Å². The molecule has 140 valence electrons. The number of aromatic nitrogens is 3. The SMILES string of the molecule is O=C(Nc1ccccc1C(=O)Nc1n[nH]c2cc(C(=O)O)oc12)c1cscn1. The Balaban J connectivity index is 1.59. The summed E-state index contributed by atoms with van der Waals surface area (Å²) in [6.45, 7) is 0. The van der Waals surface area contributed by atoms with E-state index < -0.39 is 17.8 Å². The monoisotopic (exact) mass is 397 g/mol. The van der Waals surface area contributed by atoms with E-state index in [1.54, 1.807) is 23.6 Å². The number of aromatic amines is 1. The maximum absolute atomic E-state index is 12.7. The zero-order chi connectivity index (χ0) is 19.7. The van der Waals surface area contributed by atoms with E-state index in [-0.39, 0.29) is 34.1 Å². The lowest BCUT2D eigenvalue weighted by Gasteiger charge is -2.09. The lowest BCUT2D eigenvalue weighted by atomic mass is 10.1. The molecule has 4 N–H and O–H groups in total. The van der Waals surface area contributed by atoms with Crippen molar-refractivity contribution in [3.8, 4) is 0 Å². The number of aromatic carboxylic acids is 1. The van der Waals surface area contributed by atoms with Gasteiger partial charge in [-0.1, -0.05) is 12.1 Å². The molecular weight excluding hydrogens is 386 g/mol. The van der Waals surface area contributed by atoms with E-state index in [4.69, 9.17) is 9.52 Å². The number of carboxylic acids is 1. The van der Waals surface area contributed by atoms with Gasteiger partial charge in [0.2, 0.25) is 5.76 Å². The first kappa shape index (κ1) is 17.4. The summed E-state index contributed by atoms with van der Waals surface area (Å²) in [5, 5.41) is 22.3. The molecule has 1 aromatic carbocycles. The second kappa shape index (κ2) is 6.96. The molecule has 0 saturated heterocycles. The minimum absolute atomic E-state index is 0.0353. The van der Waals surface area contributed by atoms with Gasteiger partial charge in [-0.3, -0.25) is 14.7 Å². The first-order chi connectivity index (χ1) is 13.5. The van der Waals surface area contributed by atoms with Crippen LogP contribution in [-0.4, -0.2) is 38.1 Å². The van der Waals surface area contributed by atoms with Crippen molar-refractivity contribution in [1.29, 1.82) is 0 Å². The van der Waals surface area contributed by atoms with Crippen LogP contribution in [0, 0.1) is 0 Å². The predicted octanol–water partition coefficient (Wildman–Crippen LogP) is 2.82. The molecule has 2 amide bonds. The highest BCUT2D eigenvalue weighted by molar-refractivity contribution is 7.07. The minimum Gasteiger partial charge on any atom is -0.475 e. The van der Waals surface area contributed by atoms with Crippen LogP contribution in [0.5, 0.6) is 0 Å². The molecule has 4 aromatic rings. The number of rotatable bonds is 5. The van der Waals surface area contributed by atoms with Gasteiger partial charge in [0.25, 0.3) is 11.8 Å². The van der Waals surface area contributed by atoms with Gasteiger partial charge < -0.3 is 20.2 Å². The van der Waals surface area contributed by atoms with Gasteiger partial charge in [-0.2, -0.15) is 5.10 Å².